The Kier molecular flexibility index (Phi) is 4.29. The summed E-state index contributed by atoms with van der Waals surface area (Å²) < 4.78 is 3.17. The lowest BCUT2D eigenvalue weighted by molar-refractivity contribution is 0.530. The molecular weight excluding hydrogens is 290 g/mol. The van der Waals surface area contributed by atoms with Crippen molar-refractivity contribution in [3.8, 4) is 0 Å². The number of thioether (sulfide) groups is 1. The molecule has 2 heterocycles. The lowest BCUT2D eigenvalue weighted by atomic mass is 10.2. The van der Waals surface area contributed by atoms with E-state index in [1.807, 2.05) is 11.7 Å². The number of nitrogens with zero attached hydrogens (tertiary/aromatic N) is 4. The summed E-state index contributed by atoms with van der Waals surface area (Å²) in [6.07, 6.45) is 0. The fraction of sp³-hybridized carbons (Fsp3) is 0.308. The van der Waals surface area contributed by atoms with Crippen LogP contribution in [0.2, 0.25) is 0 Å². The number of rotatable bonds is 6. The summed E-state index contributed by atoms with van der Waals surface area (Å²) in [5.41, 5.74) is 1.35. The molecule has 3 aromatic rings. The lowest BCUT2D eigenvalue weighted by Gasteiger charge is -2.03. The zero-order chi connectivity index (χ0) is 13.8. The molecule has 0 radical (unpaired) electrons. The third-order valence-corrected chi connectivity index (χ3v) is 5.01. The Balaban J connectivity index is 1.72. The van der Waals surface area contributed by atoms with E-state index in [1.54, 1.807) is 23.1 Å². The Morgan fingerprint density at radius 3 is 3.15 bits per heavy atom. The number of tetrazole rings is 1. The number of thiophene rings is 1. The van der Waals surface area contributed by atoms with Crippen molar-refractivity contribution in [1.82, 2.24) is 25.5 Å². The van der Waals surface area contributed by atoms with Crippen LogP contribution in [-0.4, -0.2) is 33.8 Å². The maximum Gasteiger partial charge on any atom is 0.209 e. The molecule has 7 heteroatoms. The van der Waals surface area contributed by atoms with Crippen molar-refractivity contribution < 1.29 is 0 Å². The Labute approximate surface area is 125 Å². The van der Waals surface area contributed by atoms with Crippen LogP contribution in [0.3, 0.4) is 0 Å². The quantitative estimate of drug-likeness (QED) is 0.709. The SMILES string of the molecule is CNCCn1nnnc1SCc1csc2ccccc12. The highest BCUT2D eigenvalue weighted by molar-refractivity contribution is 7.98. The molecule has 0 saturated heterocycles. The number of hydrogen-bond acceptors (Lipinski definition) is 6. The largest absolute Gasteiger partial charge is 0.318 e. The van der Waals surface area contributed by atoms with Crippen molar-refractivity contribution in [3.63, 3.8) is 0 Å². The lowest BCUT2D eigenvalue weighted by Crippen LogP contribution is -2.16. The van der Waals surface area contributed by atoms with Gasteiger partial charge in [-0.15, -0.1) is 16.4 Å². The third kappa shape index (κ3) is 2.84. The van der Waals surface area contributed by atoms with Gasteiger partial charge in [-0.2, -0.15) is 0 Å². The first-order valence-corrected chi connectivity index (χ1v) is 8.23. The summed E-state index contributed by atoms with van der Waals surface area (Å²) in [5, 5.41) is 19.4. The number of aromatic nitrogens is 4. The predicted octanol–water partition coefficient (Wildman–Crippen LogP) is 2.40. The van der Waals surface area contributed by atoms with Gasteiger partial charge in [0, 0.05) is 17.0 Å². The minimum Gasteiger partial charge on any atom is -0.318 e. The Bertz CT molecular complexity index is 691. The molecule has 20 heavy (non-hydrogen) atoms. The molecule has 2 aromatic heterocycles. The number of hydrogen-bond donors (Lipinski definition) is 1. The zero-order valence-corrected chi connectivity index (χ0v) is 12.7. The first-order valence-electron chi connectivity index (χ1n) is 6.37. The summed E-state index contributed by atoms with van der Waals surface area (Å²) in [7, 11) is 1.93. The van der Waals surface area contributed by atoms with Crippen molar-refractivity contribution in [2.75, 3.05) is 13.6 Å². The first kappa shape index (κ1) is 13.5. The van der Waals surface area contributed by atoms with E-state index in [0.717, 1.165) is 24.0 Å². The van der Waals surface area contributed by atoms with Crippen LogP contribution in [0.15, 0.2) is 34.8 Å². The van der Waals surface area contributed by atoms with Crippen LogP contribution in [0.5, 0.6) is 0 Å². The number of fused-ring (bicyclic) bond motifs is 1. The maximum absolute atomic E-state index is 4.09. The van der Waals surface area contributed by atoms with Gasteiger partial charge in [0.1, 0.15) is 0 Å². The fourth-order valence-electron chi connectivity index (χ4n) is 1.94. The van der Waals surface area contributed by atoms with Crippen molar-refractivity contribution >= 4 is 33.2 Å². The molecule has 0 atom stereocenters. The van der Waals surface area contributed by atoms with Gasteiger partial charge < -0.3 is 5.32 Å². The van der Waals surface area contributed by atoms with Crippen LogP contribution in [0.25, 0.3) is 10.1 Å². The molecule has 0 aliphatic heterocycles. The highest BCUT2D eigenvalue weighted by atomic mass is 32.2. The molecule has 0 fully saturated rings. The molecule has 5 nitrogen and oxygen atoms in total. The number of benzene rings is 1. The van der Waals surface area contributed by atoms with Crippen LogP contribution in [0.4, 0.5) is 0 Å². The molecule has 3 rings (SSSR count). The maximum atomic E-state index is 4.09. The van der Waals surface area contributed by atoms with Gasteiger partial charge in [-0.1, -0.05) is 30.0 Å². The molecule has 1 N–H and O–H groups in total. The summed E-state index contributed by atoms with van der Waals surface area (Å²) in [4.78, 5) is 0. The second-order valence-corrected chi connectivity index (χ2v) is 6.19. The molecule has 0 saturated carbocycles. The minimum absolute atomic E-state index is 0.788. The highest BCUT2D eigenvalue weighted by Gasteiger charge is 2.09. The van der Waals surface area contributed by atoms with Crippen molar-refractivity contribution in [2.45, 2.75) is 17.5 Å². The van der Waals surface area contributed by atoms with Crippen LogP contribution in [-0.2, 0) is 12.3 Å². The number of likely N-dealkylation sites (N-methyl/N-ethyl adjacent to an activating group) is 1. The van der Waals surface area contributed by atoms with Gasteiger partial charge in [-0.25, -0.2) is 4.68 Å². The van der Waals surface area contributed by atoms with Crippen LogP contribution < -0.4 is 5.32 Å². The van der Waals surface area contributed by atoms with Crippen LogP contribution in [0.1, 0.15) is 5.56 Å². The van der Waals surface area contributed by atoms with Crippen molar-refractivity contribution in [1.29, 1.82) is 0 Å². The Hall–Kier alpha value is -1.44. The smallest absolute Gasteiger partial charge is 0.209 e. The van der Waals surface area contributed by atoms with E-state index in [1.165, 1.54) is 15.6 Å². The fourth-order valence-corrected chi connectivity index (χ4v) is 3.91. The van der Waals surface area contributed by atoms with Gasteiger partial charge in [0.05, 0.1) is 6.54 Å². The van der Waals surface area contributed by atoms with Crippen LogP contribution in [0, 0.1) is 0 Å². The Morgan fingerprint density at radius 2 is 2.25 bits per heavy atom. The molecule has 0 bridgehead atoms. The van der Waals surface area contributed by atoms with E-state index in [4.69, 9.17) is 0 Å². The molecule has 0 spiro atoms. The standard InChI is InChI=1S/C13H15N5S2/c1-14-6-7-18-13(15-16-17-18)20-9-10-8-19-12-5-3-2-4-11(10)12/h2-5,8,14H,6-7,9H2,1H3. The molecule has 0 unspecified atom stereocenters. The van der Waals surface area contributed by atoms with E-state index in [0.29, 0.717) is 0 Å². The average Bonchev–Trinajstić information content (AvgIpc) is 3.09. The summed E-state index contributed by atoms with van der Waals surface area (Å²) in [6.45, 7) is 1.65. The predicted molar refractivity (Wildman–Crippen MR) is 83.1 cm³/mol. The van der Waals surface area contributed by atoms with Gasteiger partial charge >= 0.3 is 0 Å². The molecule has 0 amide bonds. The summed E-state index contributed by atoms with van der Waals surface area (Å²) in [5.74, 6) is 0.893. The molecule has 0 aliphatic carbocycles. The molecule has 0 aliphatic rings. The molecular formula is C13H15N5S2. The van der Waals surface area contributed by atoms with Crippen molar-refractivity contribution in [2.24, 2.45) is 0 Å². The van der Waals surface area contributed by atoms with Gasteiger partial charge in [0.25, 0.3) is 0 Å². The van der Waals surface area contributed by atoms with E-state index >= 15 is 0 Å². The second kappa shape index (κ2) is 6.34. The topological polar surface area (TPSA) is 55.6 Å². The van der Waals surface area contributed by atoms with Gasteiger partial charge in [-0.05, 0) is 39.9 Å². The van der Waals surface area contributed by atoms with Gasteiger partial charge in [0.15, 0.2) is 0 Å². The van der Waals surface area contributed by atoms with E-state index < -0.39 is 0 Å². The van der Waals surface area contributed by atoms with Crippen LogP contribution >= 0.6 is 23.1 Å². The van der Waals surface area contributed by atoms with E-state index in [-0.39, 0.29) is 0 Å². The van der Waals surface area contributed by atoms with Gasteiger partial charge in [0.2, 0.25) is 5.16 Å². The van der Waals surface area contributed by atoms with Crippen molar-refractivity contribution in [3.05, 3.63) is 35.2 Å². The summed E-state index contributed by atoms with van der Waals surface area (Å²) >= 11 is 3.47. The number of nitrogens with one attached hydrogen (secondary N) is 1. The average molecular weight is 305 g/mol. The molecule has 104 valence electrons. The normalized spacial score (nSPS) is 11.2. The first-order chi connectivity index (χ1) is 9.88. The highest BCUT2D eigenvalue weighted by Crippen LogP contribution is 2.30. The second-order valence-electron chi connectivity index (χ2n) is 4.33. The summed E-state index contributed by atoms with van der Waals surface area (Å²) in [6, 6.07) is 8.49. The third-order valence-electron chi connectivity index (χ3n) is 2.99. The monoisotopic (exact) mass is 305 g/mol. The molecule has 1 aromatic carbocycles. The minimum atomic E-state index is 0.788. The van der Waals surface area contributed by atoms with E-state index in [9.17, 15) is 0 Å². The van der Waals surface area contributed by atoms with Gasteiger partial charge in [-0.3, -0.25) is 0 Å². The Morgan fingerprint density at radius 1 is 1.35 bits per heavy atom. The van der Waals surface area contributed by atoms with E-state index in [2.05, 4.69) is 50.5 Å². The zero-order valence-electron chi connectivity index (χ0n) is 11.1.